The van der Waals surface area contributed by atoms with Crippen molar-refractivity contribution in [3.05, 3.63) is 32.4 Å². The van der Waals surface area contributed by atoms with Crippen LogP contribution in [-0.2, 0) is 0 Å². The Morgan fingerprint density at radius 3 is 1.77 bits per heavy atom. The van der Waals surface area contributed by atoms with Crippen molar-refractivity contribution in [3.8, 4) is 0 Å². The van der Waals surface area contributed by atoms with Crippen molar-refractivity contribution in [2.24, 2.45) is 0 Å². The van der Waals surface area contributed by atoms with Crippen molar-refractivity contribution in [1.29, 1.82) is 0 Å². The number of thiophene rings is 1. The van der Waals surface area contributed by atoms with Gasteiger partial charge in [0.2, 0.25) is 0 Å². The molecule has 0 aliphatic carbocycles. The fourth-order valence-electron chi connectivity index (χ4n) is 5.23. The van der Waals surface area contributed by atoms with Crippen LogP contribution < -0.4 is 10.6 Å². The Morgan fingerprint density at radius 2 is 1.27 bits per heavy atom. The highest BCUT2D eigenvalue weighted by Gasteiger charge is 2.39. The van der Waals surface area contributed by atoms with Crippen molar-refractivity contribution in [3.63, 3.8) is 0 Å². The van der Waals surface area contributed by atoms with Crippen LogP contribution in [0.15, 0.2) is 22.7 Å². The maximum Gasteiger partial charge on any atom is 0.110 e. The Balaban J connectivity index is 2.01. The molecule has 2 aliphatic heterocycles. The van der Waals surface area contributed by atoms with E-state index < -0.39 is 0 Å². The number of nitrogens with two attached hydrogens (primary N) is 2. The van der Waals surface area contributed by atoms with E-state index in [4.69, 9.17) is 0 Å². The molecule has 144 valence electrons. The van der Waals surface area contributed by atoms with E-state index in [1.165, 1.54) is 25.4 Å². The van der Waals surface area contributed by atoms with Crippen molar-refractivity contribution in [2.75, 3.05) is 0 Å². The topological polar surface area (TPSA) is 33.2 Å². The van der Waals surface area contributed by atoms with E-state index in [1.54, 1.807) is 0 Å². The summed E-state index contributed by atoms with van der Waals surface area (Å²) in [5.74, 6) is 0. The summed E-state index contributed by atoms with van der Waals surface area (Å²) in [7, 11) is 0. The maximum absolute atomic E-state index is 3.88. The second-order valence-corrected chi connectivity index (χ2v) is 12.8. The Morgan fingerprint density at radius 1 is 0.808 bits per heavy atom. The molecule has 1 aromatic rings. The van der Waals surface area contributed by atoms with Crippen LogP contribution in [0.25, 0.3) is 11.1 Å². The lowest BCUT2D eigenvalue weighted by molar-refractivity contribution is -0.770. The van der Waals surface area contributed by atoms with Gasteiger partial charge in [-0.15, -0.1) is 11.3 Å². The minimum Gasteiger partial charge on any atom is -0.334 e. The zero-order chi connectivity index (χ0) is 19.5. The Bertz CT molecular complexity index is 778. The smallest absolute Gasteiger partial charge is 0.110 e. The maximum atomic E-state index is 3.88. The van der Waals surface area contributed by atoms with Gasteiger partial charge >= 0.3 is 0 Å². The molecule has 0 unspecified atom stereocenters. The predicted octanol–water partition coefficient (Wildman–Crippen LogP) is 4.33. The summed E-state index contributed by atoms with van der Waals surface area (Å²) in [6, 6.07) is 2.35. The quantitative estimate of drug-likeness (QED) is 0.688. The summed E-state index contributed by atoms with van der Waals surface area (Å²) < 4.78 is 1.25. The standard InChI is InChI=1S/C22H33BrN2S/c1-19(2)10-14(11-20(3,4)24-19)17-9-16(23)18(26-17)15-12-21(5,6)25-22(7,8)13-15/h9-10,12,24-25H,11,13H2,1-8H3/p+2. The van der Waals surface area contributed by atoms with E-state index in [1.807, 2.05) is 11.3 Å². The van der Waals surface area contributed by atoms with Gasteiger partial charge in [0.05, 0.1) is 11.1 Å². The first-order chi connectivity index (χ1) is 11.7. The highest BCUT2D eigenvalue weighted by molar-refractivity contribution is 9.10. The molecular weight excluding hydrogens is 404 g/mol. The largest absolute Gasteiger partial charge is 0.334 e. The van der Waals surface area contributed by atoms with Gasteiger partial charge in [0.25, 0.3) is 0 Å². The van der Waals surface area contributed by atoms with Crippen LogP contribution in [0.4, 0.5) is 0 Å². The molecule has 0 bridgehead atoms. The fraction of sp³-hybridized carbons (Fsp3) is 0.636. The normalized spacial score (nSPS) is 26.2. The third-order valence-electron chi connectivity index (χ3n) is 5.20. The summed E-state index contributed by atoms with van der Waals surface area (Å²) in [4.78, 5) is 2.84. The molecule has 0 atom stereocenters. The number of hydrogen-bond donors (Lipinski definition) is 2. The van der Waals surface area contributed by atoms with E-state index in [9.17, 15) is 0 Å². The molecule has 0 amide bonds. The first-order valence-corrected chi connectivity index (χ1v) is 11.3. The van der Waals surface area contributed by atoms with Crippen molar-refractivity contribution in [1.82, 2.24) is 0 Å². The second-order valence-electron chi connectivity index (χ2n) is 10.9. The first kappa shape index (κ1) is 20.3. The Labute approximate surface area is 171 Å². The Kier molecular flexibility index (Phi) is 4.92. The zero-order valence-electron chi connectivity index (χ0n) is 17.6. The van der Waals surface area contributed by atoms with Gasteiger partial charge < -0.3 is 10.6 Å². The van der Waals surface area contributed by atoms with Crippen LogP contribution in [-0.4, -0.2) is 22.2 Å². The summed E-state index contributed by atoms with van der Waals surface area (Å²) in [5, 5.41) is 4.99. The van der Waals surface area contributed by atoms with Crippen molar-refractivity contribution in [2.45, 2.75) is 90.4 Å². The van der Waals surface area contributed by atoms with Gasteiger partial charge in [0.15, 0.2) is 0 Å². The lowest BCUT2D eigenvalue weighted by Crippen LogP contribution is -3.04. The number of hydrogen-bond acceptors (Lipinski definition) is 1. The van der Waals surface area contributed by atoms with Gasteiger partial charge in [-0.1, -0.05) is 0 Å². The molecule has 3 heterocycles. The molecule has 0 spiro atoms. The average Bonchev–Trinajstić information content (AvgIpc) is 2.73. The van der Waals surface area contributed by atoms with E-state index in [0.29, 0.717) is 0 Å². The predicted molar refractivity (Wildman–Crippen MR) is 117 cm³/mol. The average molecular weight is 440 g/mol. The van der Waals surface area contributed by atoms with E-state index >= 15 is 0 Å². The molecule has 0 saturated carbocycles. The lowest BCUT2D eigenvalue weighted by Gasteiger charge is -2.37. The van der Waals surface area contributed by atoms with Crippen molar-refractivity contribution < 1.29 is 10.6 Å². The zero-order valence-corrected chi connectivity index (χ0v) is 20.0. The molecular formula is C22H35BrN2S+2. The number of rotatable bonds is 2. The third kappa shape index (κ3) is 4.52. The number of quaternary nitrogens is 2. The van der Waals surface area contributed by atoms with Crippen molar-refractivity contribution >= 4 is 38.4 Å². The van der Waals surface area contributed by atoms with Gasteiger partial charge in [-0.25, -0.2) is 0 Å². The third-order valence-corrected chi connectivity index (χ3v) is 7.38. The summed E-state index contributed by atoms with van der Waals surface area (Å²) >= 11 is 5.84. The summed E-state index contributed by atoms with van der Waals surface area (Å²) in [6.45, 7) is 18.7. The van der Waals surface area contributed by atoms with E-state index in [2.05, 4.69) is 100 Å². The molecule has 1 aromatic heterocycles. The van der Waals surface area contributed by atoms with Crippen LogP contribution in [0, 0.1) is 0 Å². The monoisotopic (exact) mass is 438 g/mol. The van der Waals surface area contributed by atoms with Gasteiger partial charge in [-0.05, 0) is 101 Å². The minimum atomic E-state index is 0.143. The molecule has 4 heteroatoms. The SMILES string of the molecule is CC1(C)C=C(c2cc(Br)c(C3=CC(C)(C)[NH2+]C(C)(C)C3)s2)CC(C)(C)[NH2+]1. The minimum absolute atomic E-state index is 0.143. The van der Waals surface area contributed by atoms with Gasteiger partial charge in [0.1, 0.15) is 11.1 Å². The fourth-order valence-corrected chi connectivity index (χ4v) is 7.19. The highest BCUT2D eigenvalue weighted by Crippen LogP contribution is 2.42. The second kappa shape index (κ2) is 6.30. The molecule has 0 fully saturated rings. The van der Waals surface area contributed by atoms with Crippen LogP contribution >= 0.6 is 27.3 Å². The van der Waals surface area contributed by atoms with E-state index in [0.717, 1.165) is 12.8 Å². The summed E-state index contributed by atoms with van der Waals surface area (Å²) in [6.07, 6.45) is 7.16. The van der Waals surface area contributed by atoms with Crippen LogP contribution in [0.5, 0.6) is 0 Å². The molecule has 2 aliphatic rings. The molecule has 0 saturated heterocycles. The molecule has 4 N–H and O–H groups in total. The van der Waals surface area contributed by atoms with Gasteiger partial charge in [0, 0.05) is 27.1 Å². The van der Waals surface area contributed by atoms with Crippen LogP contribution in [0.1, 0.15) is 78.0 Å². The Hall–Kier alpha value is -0.420. The van der Waals surface area contributed by atoms with Crippen LogP contribution in [0.3, 0.4) is 0 Å². The van der Waals surface area contributed by atoms with E-state index in [-0.39, 0.29) is 22.2 Å². The molecule has 26 heavy (non-hydrogen) atoms. The molecule has 0 radical (unpaired) electrons. The molecule has 3 rings (SSSR count). The van der Waals surface area contributed by atoms with Gasteiger partial charge in [-0.3, -0.25) is 0 Å². The molecule has 0 aromatic carbocycles. The van der Waals surface area contributed by atoms with Gasteiger partial charge in [-0.2, -0.15) is 0 Å². The summed E-state index contributed by atoms with van der Waals surface area (Å²) in [5.41, 5.74) is 3.77. The van der Waals surface area contributed by atoms with Crippen LogP contribution in [0.2, 0.25) is 0 Å². The molecule has 2 nitrogen and oxygen atoms in total. The lowest BCUT2D eigenvalue weighted by atomic mass is 9.83. The first-order valence-electron chi connectivity index (χ1n) is 9.65. The number of halogens is 1. The highest BCUT2D eigenvalue weighted by atomic mass is 79.9.